The first kappa shape index (κ1) is 22.4. The van der Waals surface area contributed by atoms with E-state index in [1.807, 2.05) is 0 Å². The highest BCUT2D eigenvalue weighted by Crippen LogP contribution is 2.28. The van der Waals surface area contributed by atoms with E-state index >= 15 is 0 Å². The van der Waals surface area contributed by atoms with Gasteiger partial charge in [0.05, 0.1) is 21.3 Å². The quantitative estimate of drug-likeness (QED) is 0.325. The van der Waals surface area contributed by atoms with Crippen LogP contribution in [0.2, 0.25) is 5.02 Å². The summed E-state index contributed by atoms with van der Waals surface area (Å²) in [4.78, 5) is 35.3. The lowest BCUT2D eigenvalue weighted by Crippen LogP contribution is -2.22. The van der Waals surface area contributed by atoms with Gasteiger partial charge in [-0.1, -0.05) is 11.6 Å². The van der Waals surface area contributed by atoms with Crippen molar-refractivity contribution in [2.45, 2.75) is 25.7 Å². The van der Waals surface area contributed by atoms with Crippen LogP contribution in [-0.4, -0.2) is 33.2 Å². The molecule has 0 unspecified atom stereocenters. The second kappa shape index (κ2) is 9.37. The summed E-state index contributed by atoms with van der Waals surface area (Å²) < 4.78 is 20.1. The van der Waals surface area contributed by atoms with E-state index in [1.54, 1.807) is 16.8 Å². The van der Waals surface area contributed by atoms with E-state index in [-0.39, 0.29) is 27.9 Å². The molecule has 0 spiro atoms. The number of nitrogens with zero attached hydrogens (tertiary/aromatic N) is 3. The third-order valence-electron chi connectivity index (χ3n) is 5.21. The van der Waals surface area contributed by atoms with Crippen molar-refractivity contribution in [3.63, 3.8) is 0 Å². The monoisotopic (exact) mass is 472 g/mol. The number of fused-ring (bicyclic) bond motifs is 1. The number of esters is 1. The van der Waals surface area contributed by atoms with Crippen LogP contribution in [0.3, 0.4) is 0 Å². The number of halogens is 2. The van der Waals surface area contributed by atoms with Gasteiger partial charge in [-0.2, -0.15) is 5.10 Å². The van der Waals surface area contributed by atoms with E-state index < -0.39 is 23.4 Å². The largest absolute Gasteiger partial charge is 0.451 e. The fraction of sp³-hybridized carbons (Fsp3) is 0.227. The Kier molecular flexibility index (Phi) is 6.36. The van der Waals surface area contributed by atoms with Gasteiger partial charge in [0.25, 0.3) is 11.6 Å². The first-order valence-electron chi connectivity index (χ1n) is 10.1. The van der Waals surface area contributed by atoms with E-state index in [9.17, 15) is 24.1 Å². The van der Waals surface area contributed by atoms with Crippen molar-refractivity contribution in [2.24, 2.45) is 0 Å². The Hall–Kier alpha value is -3.79. The molecule has 170 valence electrons. The molecule has 2 aromatic carbocycles. The molecule has 9 nitrogen and oxygen atoms in total. The molecule has 0 saturated carbocycles. The van der Waals surface area contributed by atoms with Gasteiger partial charge >= 0.3 is 5.97 Å². The molecule has 4 rings (SSSR count). The smallest absolute Gasteiger partial charge is 0.359 e. The standard InChI is InChI=1S/C22H18ClFN4O5/c23-17-10-9-15(28(31)32)11-18(17)25-20(29)12-33-22(30)21-16-3-1-2-4-19(16)27(26-21)14-7-5-13(24)6-8-14/h5-11H,1-4,12H2,(H,25,29). The molecule has 1 N–H and O–H groups in total. The predicted molar refractivity (Wildman–Crippen MR) is 117 cm³/mol. The highest BCUT2D eigenvalue weighted by Gasteiger charge is 2.27. The van der Waals surface area contributed by atoms with Crippen LogP contribution in [0.15, 0.2) is 42.5 Å². The number of nitro groups is 1. The van der Waals surface area contributed by atoms with Gasteiger partial charge in [0.2, 0.25) is 0 Å². The lowest BCUT2D eigenvalue weighted by Gasteiger charge is -2.14. The van der Waals surface area contributed by atoms with Gasteiger partial charge in [0.1, 0.15) is 5.82 Å². The molecule has 33 heavy (non-hydrogen) atoms. The third-order valence-corrected chi connectivity index (χ3v) is 5.54. The molecule has 1 aliphatic carbocycles. The minimum Gasteiger partial charge on any atom is -0.451 e. The average Bonchev–Trinajstić information content (AvgIpc) is 3.19. The molecule has 1 aromatic heterocycles. The minimum absolute atomic E-state index is 0.0323. The normalized spacial score (nSPS) is 12.7. The fourth-order valence-corrected chi connectivity index (χ4v) is 3.83. The molecule has 1 heterocycles. The van der Waals surface area contributed by atoms with Gasteiger partial charge < -0.3 is 10.1 Å². The SMILES string of the molecule is O=C(COC(=O)c1nn(-c2ccc(F)cc2)c2c1CCCC2)Nc1cc([N+](=O)[O-])ccc1Cl. The summed E-state index contributed by atoms with van der Waals surface area (Å²) in [5, 5.41) is 17.8. The zero-order valence-electron chi connectivity index (χ0n) is 17.2. The summed E-state index contributed by atoms with van der Waals surface area (Å²) in [5.41, 5.74) is 2.11. The summed E-state index contributed by atoms with van der Waals surface area (Å²) in [6, 6.07) is 9.38. The number of non-ortho nitro benzene ring substituents is 1. The van der Waals surface area contributed by atoms with Crippen LogP contribution in [0.25, 0.3) is 5.69 Å². The topological polar surface area (TPSA) is 116 Å². The number of nitro benzene ring substituents is 1. The number of hydrogen-bond donors (Lipinski definition) is 1. The zero-order valence-corrected chi connectivity index (χ0v) is 18.0. The van der Waals surface area contributed by atoms with Crippen molar-refractivity contribution in [3.05, 3.63) is 80.4 Å². The molecule has 0 atom stereocenters. The maximum Gasteiger partial charge on any atom is 0.359 e. The van der Waals surface area contributed by atoms with Crippen LogP contribution < -0.4 is 5.32 Å². The Morgan fingerprint density at radius 3 is 2.64 bits per heavy atom. The van der Waals surface area contributed by atoms with Crippen LogP contribution >= 0.6 is 11.6 Å². The number of amides is 1. The fourth-order valence-electron chi connectivity index (χ4n) is 3.67. The van der Waals surface area contributed by atoms with Gasteiger partial charge in [-0.15, -0.1) is 0 Å². The summed E-state index contributed by atoms with van der Waals surface area (Å²) in [7, 11) is 0. The van der Waals surface area contributed by atoms with Crippen molar-refractivity contribution in [1.82, 2.24) is 9.78 Å². The Morgan fingerprint density at radius 2 is 1.91 bits per heavy atom. The molecule has 11 heteroatoms. The molecule has 0 bridgehead atoms. The van der Waals surface area contributed by atoms with Crippen molar-refractivity contribution >= 4 is 34.9 Å². The minimum atomic E-state index is -0.769. The number of aromatic nitrogens is 2. The summed E-state index contributed by atoms with van der Waals surface area (Å²) in [6.45, 7) is -0.629. The summed E-state index contributed by atoms with van der Waals surface area (Å²) >= 11 is 5.97. The Bertz CT molecular complexity index is 1240. The van der Waals surface area contributed by atoms with Gasteiger partial charge in [-0.25, -0.2) is 13.9 Å². The molecule has 0 aliphatic heterocycles. The van der Waals surface area contributed by atoms with Crippen LogP contribution in [-0.2, 0) is 22.4 Å². The number of hydrogen-bond acceptors (Lipinski definition) is 6. The first-order chi connectivity index (χ1) is 15.8. The average molecular weight is 473 g/mol. The maximum atomic E-state index is 13.3. The number of rotatable bonds is 6. The third kappa shape index (κ3) is 4.85. The molecule has 3 aromatic rings. The number of carbonyl (C=O) groups is 2. The molecule has 0 radical (unpaired) electrons. The van der Waals surface area contributed by atoms with Gasteiger partial charge in [-0.05, 0) is 56.0 Å². The molecular weight excluding hydrogens is 455 g/mol. The van der Waals surface area contributed by atoms with Gasteiger partial charge in [0.15, 0.2) is 12.3 Å². The maximum absolute atomic E-state index is 13.3. The summed E-state index contributed by atoms with van der Waals surface area (Å²) in [6.07, 6.45) is 3.16. The molecule has 0 fully saturated rings. The highest BCUT2D eigenvalue weighted by atomic mass is 35.5. The van der Waals surface area contributed by atoms with Crippen molar-refractivity contribution in [1.29, 1.82) is 0 Å². The Balaban J connectivity index is 1.49. The van der Waals surface area contributed by atoms with E-state index in [1.165, 1.54) is 24.3 Å². The molecule has 1 aliphatic rings. The highest BCUT2D eigenvalue weighted by molar-refractivity contribution is 6.33. The lowest BCUT2D eigenvalue weighted by atomic mass is 9.95. The van der Waals surface area contributed by atoms with Crippen molar-refractivity contribution < 1.29 is 23.6 Å². The van der Waals surface area contributed by atoms with Crippen LogP contribution in [0, 0.1) is 15.9 Å². The lowest BCUT2D eigenvalue weighted by molar-refractivity contribution is -0.384. The molecular formula is C22H18ClFN4O5. The van der Waals surface area contributed by atoms with Gasteiger partial charge in [0, 0.05) is 23.4 Å². The van der Waals surface area contributed by atoms with Crippen molar-refractivity contribution in [2.75, 3.05) is 11.9 Å². The van der Waals surface area contributed by atoms with Gasteiger partial charge in [-0.3, -0.25) is 14.9 Å². The molecule has 0 saturated heterocycles. The second-order valence-electron chi connectivity index (χ2n) is 7.41. The summed E-state index contributed by atoms with van der Waals surface area (Å²) in [5.74, 6) is -1.86. The number of nitrogens with one attached hydrogen (secondary N) is 1. The number of benzene rings is 2. The zero-order chi connectivity index (χ0) is 23.5. The van der Waals surface area contributed by atoms with E-state index in [2.05, 4.69) is 10.4 Å². The van der Waals surface area contributed by atoms with Crippen molar-refractivity contribution in [3.8, 4) is 5.69 Å². The first-order valence-corrected chi connectivity index (χ1v) is 10.5. The number of anilines is 1. The van der Waals surface area contributed by atoms with E-state index in [0.29, 0.717) is 18.5 Å². The van der Waals surface area contributed by atoms with E-state index in [0.717, 1.165) is 30.2 Å². The predicted octanol–water partition coefficient (Wildman–Crippen LogP) is 4.25. The van der Waals surface area contributed by atoms with Crippen LogP contribution in [0.1, 0.15) is 34.6 Å². The Labute approximate surface area is 192 Å². The molecule has 1 amide bonds. The number of carbonyl (C=O) groups excluding carboxylic acids is 2. The van der Waals surface area contributed by atoms with Crippen LogP contribution in [0.5, 0.6) is 0 Å². The van der Waals surface area contributed by atoms with E-state index in [4.69, 9.17) is 16.3 Å². The number of ether oxygens (including phenoxy) is 1. The second-order valence-corrected chi connectivity index (χ2v) is 7.82. The van der Waals surface area contributed by atoms with Crippen LogP contribution in [0.4, 0.5) is 15.8 Å². The Morgan fingerprint density at radius 1 is 1.18 bits per heavy atom.